The van der Waals surface area contributed by atoms with Crippen LogP contribution >= 0.6 is 0 Å². The van der Waals surface area contributed by atoms with Crippen LogP contribution in [0.3, 0.4) is 0 Å². The van der Waals surface area contributed by atoms with Gasteiger partial charge in [-0.2, -0.15) is 5.10 Å². The van der Waals surface area contributed by atoms with Crippen molar-refractivity contribution >= 4 is 18.2 Å². The van der Waals surface area contributed by atoms with E-state index in [9.17, 15) is 9.59 Å². The van der Waals surface area contributed by atoms with Gasteiger partial charge in [0.1, 0.15) is 6.54 Å². The topological polar surface area (TPSA) is 61.8 Å². The van der Waals surface area contributed by atoms with E-state index in [0.29, 0.717) is 0 Å². The van der Waals surface area contributed by atoms with Gasteiger partial charge in [-0.3, -0.25) is 10.1 Å². The number of imide groups is 1. The fourth-order valence-electron chi connectivity index (χ4n) is 1.20. The number of benzene rings is 1. The van der Waals surface area contributed by atoms with Crippen LogP contribution in [0.25, 0.3) is 0 Å². The van der Waals surface area contributed by atoms with Crippen molar-refractivity contribution in [1.29, 1.82) is 0 Å². The third kappa shape index (κ3) is 2.19. The fraction of sp³-hybridized carbons (Fsp3) is 0.100. The van der Waals surface area contributed by atoms with Crippen molar-refractivity contribution in [2.24, 2.45) is 5.10 Å². The standard InChI is InChI=1S/C10H9N3O2/c14-9-7-13(10(15)12-9)11-6-8-4-2-1-3-5-8/h1-6H,7H2,(H,12,14,15)/b11-6+/i7+1,9+1,10+1. The van der Waals surface area contributed by atoms with Crippen molar-refractivity contribution in [3.05, 3.63) is 35.9 Å². The number of nitrogens with one attached hydrogen (secondary N) is 1. The number of carbonyl (C=O) groups excluding carboxylic acids is 2. The van der Waals surface area contributed by atoms with Crippen LogP contribution in [-0.4, -0.2) is 29.7 Å². The van der Waals surface area contributed by atoms with Crippen LogP contribution < -0.4 is 5.32 Å². The van der Waals surface area contributed by atoms with Crippen LogP contribution in [0, 0.1) is 0 Å². The number of hydrazone groups is 1. The monoisotopic (exact) mass is 206 g/mol. The number of amides is 3. The van der Waals surface area contributed by atoms with E-state index in [1.807, 2.05) is 30.3 Å². The molecule has 1 aromatic carbocycles. The minimum atomic E-state index is -0.479. The molecule has 0 aromatic heterocycles. The van der Waals surface area contributed by atoms with Crippen molar-refractivity contribution in [2.45, 2.75) is 0 Å². The lowest BCUT2D eigenvalue weighted by Gasteiger charge is -2.03. The molecule has 1 aliphatic rings. The molecule has 1 fully saturated rings. The molecule has 0 atom stereocenters. The summed E-state index contributed by atoms with van der Waals surface area (Å²) in [5, 5.41) is 7.13. The summed E-state index contributed by atoms with van der Waals surface area (Å²) in [4.78, 5) is 21.9. The van der Waals surface area contributed by atoms with Gasteiger partial charge in [-0.25, -0.2) is 9.80 Å². The van der Waals surface area contributed by atoms with Crippen LogP contribution in [0.5, 0.6) is 0 Å². The number of hydrogen-bond donors (Lipinski definition) is 1. The van der Waals surface area contributed by atoms with Crippen molar-refractivity contribution in [3.63, 3.8) is 0 Å². The van der Waals surface area contributed by atoms with Crippen LogP contribution in [0.15, 0.2) is 35.4 Å². The van der Waals surface area contributed by atoms with Crippen LogP contribution in [-0.2, 0) is 4.79 Å². The van der Waals surface area contributed by atoms with E-state index in [-0.39, 0.29) is 12.5 Å². The molecule has 1 heterocycles. The highest BCUT2D eigenvalue weighted by molar-refractivity contribution is 6.02. The Hall–Kier alpha value is -2.17. The number of rotatable bonds is 2. The molecule has 15 heavy (non-hydrogen) atoms. The Morgan fingerprint density at radius 3 is 2.60 bits per heavy atom. The van der Waals surface area contributed by atoms with Crippen LogP contribution in [0.2, 0.25) is 0 Å². The van der Waals surface area contributed by atoms with Gasteiger partial charge in [0.05, 0.1) is 6.21 Å². The maximum absolute atomic E-state index is 11.1. The van der Waals surface area contributed by atoms with Crippen molar-refractivity contribution in [3.8, 4) is 0 Å². The summed E-state index contributed by atoms with van der Waals surface area (Å²) in [5.74, 6) is -0.329. The van der Waals surface area contributed by atoms with Gasteiger partial charge < -0.3 is 0 Å². The molecule has 76 valence electrons. The third-order valence-electron chi connectivity index (χ3n) is 1.92. The highest BCUT2D eigenvalue weighted by atomic mass is 16.3. The van der Waals surface area contributed by atoms with E-state index in [0.717, 1.165) is 10.6 Å². The van der Waals surface area contributed by atoms with Gasteiger partial charge in [0.15, 0.2) is 0 Å². The third-order valence-corrected chi connectivity index (χ3v) is 1.92. The van der Waals surface area contributed by atoms with Crippen LogP contribution in [0.1, 0.15) is 5.56 Å². The molecule has 1 aromatic rings. The minimum Gasteiger partial charge on any atom is -0.275 e. The maximum Gasteiger partial charge on any atom is 0.344 e. The summed E-state index contributed by atoms with van der Waals surface area (Å²) < 4.78 is 0. The number of carbonyl (C=O) groups is 2. The molecule has 0 bridgehead atoms. The van der Waals surface area contributed by atoms with Gasteiger partial charge >= 0.3 is 6.03 Å². The molecule has 0 aliphatic carbocycles. The minimum absolute atomic E-state index is 0.0117. The second-order valence-corrected chi connectivity index (χ2v) is 3.07. The van der Waals surface area contributed by atoms with Gasteiger partial charge in [-0.15, -0.1) is 0 Å². The lowest BCUT2D eigenvalue weighted by molar-refractivity contribution is -0.118. The number of urea groups is 1. The smallest absolute Gasteiger partial charge is 0.275 e. The van der Waals surface area contributed by atoms with E-state index < -0.39 is 6.03 Å². The van der Waals surface area contributed by atoms with Gasteiger partial charge in [0.2, 0.25) is 5.91 Å². The molecule has 3 amide bonds. The molecule has 1 aliphatic heterocycles. The zero-order valence-corrected chi connectivity index (χ0v) is 7.88. The Labute approximate surface area is 86.4 Å². The quantitative estimate of drug-likeness (QED) is 0.437. The first kappa shape index (κ1) is 9.39. The summed E-state index contributed by atoms with van der Waals surface area (Å²) in [7, 11) is 0. The zero-order chi connectivity index (χ0) is 10.7. The Balaban J connectivity index is 2.06. The largest absolute Gasteiger partial charge is 0.344 e. The Morgan fingerprint density at radius 1 is 1.27 bits per heavy atom. The van der Waals surface area contributed by atoms with E-state index in [1.165, 1.54) is 6.21 Å². The van der Waals surface area contributed by atoms with Gasteiger partial charge in [0.25, 0.3) is 0 Å². The molecular formula is C10H9N3O2. The number of nitrogens with zero attached hydrogens (tertiary/aromatic N) is 2. The average Bonchev–Trinajstić information content (AvgIpc) is 2.56. The van der Waals surface area contributed by atoms with E-state index in [2.05, 4.69) is 10.4 Å². The SMILES string of the molecule is O=[13C]1[13CH2]N(/N=C/c2ccccc2)[13C](=O)N1. The highest BCUT2D eigenvalue weighted by Gasteiger charge is 2.25. The summed E-state index contributed by atoms with van der Waals surface area (Å²) >= 11 is 0. The van der Waals surface area contributed by atoms with Gasteiger partial charge in [-0.05, 0) is 5.56 Å². The second kappa shape index (κ2) is 3.91. The van der Waals surface area contributed by atoms with Crippen LogP contribution in [0.4, 0.5) is 4.79 Å². The summed E-state index contributed by atoms with van der Waals surface area (Å²) in [6.07, 6.45) is 1.54. The second-order valence-electron chi connectivity index (χ2n) is 3.07. The Bertz CT molecular complexity index is 414. The molecule has 0 unspecified atom stereocenters. The lowest BCUT2D eigenvalue weighted by Crippen LogP contribution is -2.24. The predicted molar refractivity (Wildman–Crippen MR) is 54.3 cm³/mol. The molecule has 0 saturated carbocycles. The van der Waals surface area contributed by atoms with Gasteiger partial charge in [0, 0.05) is 0 Å². The molecule has 5 nitrogen and oxygen atoms in total. The van der Waals surface area contributed by atoms with Crippen molar-refractivity contribution < 1.29 is 9.59 Å². The predicted octanol–water partition coefficient (Wildman–Crippen LogP) is 0.572. The Kier molecular flexibility index (Phi) is 2.45. The first-order valence-corrected chi connectivity index (χ1v) is 4.46. The molecule has 2 rings (SSSR count). The normalized spacial score (nSPS) is 16.1. The average molecular weight is 206 g/mol. The lowest BCUT2D eigenvalue weighted by atomic mass is 10.2. The summed E-state index contributed by atoms with van der Waals surface area (Å²) in [6.45, 7) is -0.0117. The molecule has 1 N–H and O–H groups in total. The highest BCUT2D eigenvalue weighted by Crippen LogP contribution is 2.00. The maximum atomic E-state index is 11.1. The molecule has 0 spiro atoms. The van der Waals surface area contributed by atoms with E-state index in [4.69, 9.17) is 0 Å². The first-order valence-electron chi connectivity index (χ1n) is 4.46. The molecule has 1 saturated heterocycles. The molecule has 0 radical (unpaired) electrons. The van der Waals surface area contributed by atoms with E-state index >= 15 is 0 Å². The first-order chi connectivity index (χ1) is 7.25. The zero-order valence-electron chi connectivity index (χ0n) is 7.88. The Morgan fingerprint density at radius 2 is 2.00 bits per heavy atom. The van der Waals surface area contributed by atoms with E-state index in [1.54, 1.807) is 0 Å². The van der Waals surface area contributed by atoms with Gasteiger partial charge in [-0.1, -0.05) is 30.3 Å². The summed E-state index contributed by atoms with van der Waals surface area (Å²) in [5.41, 5.74) is 0.879. The fourth-order valence-corrected chi connectivity index (χ4v) is 1.20. The summed E-state index contributed by atoms with van der Waals surface area (Å²) in [6, 6.07) is 8.88. The number of hydrogen-bond acceptors (Lipinski definition) is 3. The molecule has 5 heteroatoms. The van der Waals surface area contributed by atoms with Crippen molar-refractivity contribution in [2.75, 3.05) is 6.54 Å². The van der Waals surface area contributed by atoms with Crippen molar-refractivity contribution in [1.82, 2.24) is 10.3 Å². The molecular weight excluding hydrogens is 197 g/mol.